The zero-order valence-corrected chi connectivity index (χ0v) is 12.9. The number of hydrogen-bond donors (Lipinski definition) is 2. The van der Waals surface area contributed by atoms with Crippen molar-refractivity contribution in [2.45, 2.75) is 0 Å². The topological polar surface area (TPSA) is 111 Å². The molecule has 128 valence electrons. The summed E-state index contributed by atoms with van der Waals surface area (Å²) in [6, 6.07) is 10.6. The minimum absolute atomic E-state index is 0.0321. The van der Waals surface area contributed by atoms with E-state index in [1.54, 1.807) is 0 Å². The summed E-state index contributed by atoms with van der Waals surface area (Å²) >= 11 is 0. The number of halogens is 1. The molecule has 0 fully saturated rings. The summed E-state index contributed by atoms with van der Waals surface area (Å²) in [5.74, 6) is -2.82. The number of carboxylic acid groups (broad SMARTS) is 1. The van der Waals surface area contributed by atoms with Gasteiger partial charge >= 0.3 is 0 Å². The molecular weight excluding hydrogens is 329 g/mol. The lowest BCUT2D eigenvalue weighted by Crippen LogP contribution is -2.34. The number of rotatable bonds is 6. The second kappa shape index (κ2) is 8.34. The van der Waals surface area contributed by atoms with E-state index in [0.717, 1.165) is 12.1 Å². The van der Waals surface area contributed by atoms with Gasteiger partial charge in [0.2, 0.25) is 0 Å². The molecule has 0 spiro atoms. The van der Waals surface area contributed by atoms with Gasteiger partial charge in [-0.3, -0.25) is 9.59 Å². The molecule has 0 atom stereocenters. The van der Waals surface area contributed by atoms with Crippen LogP contribution < -0.4 is 15.8 Å². The first-order valence-electron chi connectivity index (χ1n) is 7.13. The number of carboxylic acids is 1. The number of aromatic carboxylic acids is 1. The fourth-order valence-corrected chi connectivity index (χ4v) is 1.79. The minimum atomic E-state index is -1.28. The van der Waals surface area contributed by atoms with Crippen molar-refractivity contribution >= 4 is 24.0 Å². The molecule has 0 saturated heterocycles. The van der Waals surface area contributed by atoms with Crippen molar-refractivity contribution in [1.29, 1.82) is 0 Å². The van der Waals surface area contributed by atoms with Crippen LogP contribution in [-0.4, -0.2) is 30.5 Å². The lowest BCUT2D eigenvalue weighted by molar-refractivity contribution is -0.255. The molecule has 2 N–H and O–H groups in total. The molecule has 0 radical (unpaired) electrons. The Labute approximate surface area is 142 Å². The normalized spacial score (nSPS) is 10.4. The molecule has 0 heterocycles. The maximum absolute atomic E-state index is 12.8. The smallest absolute Gasteiger partial charge is 0.259 e. The van der Waals surface area contributed by atoms with E-state index in [2.05, 4.69) is 15.8 Å². The number of carbonyl (C=O) groups is 3. The van der Waals surface area contributed by atoms with Crippen LogP contribution in [0.1, 0.15) is 26.3 Å². The Kier molecular flexibility index (Phi) is 5.94. The standard InChI is InChI=1S/C17H14FN3O4/c18-14-7-5-12(6-8-14)16(23)19-10-15(22)21-20-9-11-1-3-13(4-2-11)17(24)25/h1-9H,10H2,(H,19,23)(H,21,22)(H,24,25)/p-1. The van der Waals surface area contributed by atoms with Crippen molar-refractivity contribution in [2.24, 2.45) is 5.10 Å². The Balaban J connectivity index is 1.79. The first kappa shape index (κ1) is 17.8. The van der Waals surface area contributed by atoms with Crippen LogP contribution in [0, 0.1) is 5.82 Å². The van der Waals surface area contributed by atoms with Gasteiger partial charge in [-0.05, 0) is 35.4 Å². The van der Waals surface area contributed by atoms with Crippen molar-refractivity contribution in [3.8, 4) is 0 Å². The predicted octanol–water partition coefficient (Wildman–Crippen LogP) is 0.0693. The molecule has 8 heteroatoms. The molecule has 7 nitrogen and oxygen atoms in total. The quantitative estimate of drug-likeness (QED) is 0.571. The molecule has 2 aromatic rings. The molecule has 2 aromatic carbocycles. The van der Waals surface area contributed by atoms with Crippen molar-refractivity contribution in [3.63, 3.8) is 0 Å². The molecule has 0 bridgehead atoms. The van der Waals surface area contributed by atoms with Crippen LogP contribution in [0.4, 0.5) is 4.39 Å². The molecule has 0 aliphatic rings. The van der Waals surface area contributed by atoms with E-state index in [1.165, 1.54) is 42.6 Å². The van der Waals surface area contributed by atoms with E-state index in [-0.39, 0.29) is 17.7 Å². The average molecular weight is 342 g/mol. The summed E-state index contributed by atoms with van der Waals surface area (Å²) in [6.07, 6.45) is 1.32. The second-order valence-corrected chi connectivity index (χ2v) is 4.89. The molecular formula is C17H13FN3O4-. The van der Waals surface area contributed by atoms with Crippen LogP contribution in [-0.2, 0) is 4.79 Å². The predicted molar refractivity (Wildman–Crippen MR) is 85.2 cm³/mol. The number of hydrazone groups is 1. The maximum Gasteiger partial charge on any atom is 0.259 e. The Hall–Kier alpha value is -3.55. The number of nitrogens with zero attached hydrogens (tertiary/aromatic N) is 1. The van der Waals surface area contributed by atoms with Crippen molar-refractivity contribution in [3.05, 3.63) is 71.0 Å². The van der Waals surface area contributed by atoms with E-state index in [4.69, 9.17) is 0 Å². The Morgan fingerprint density at radius 2 is 1.60 bits per heavy atom. The Morgan fingerprint density at radius 3 is 2.20 bits per heavy atom. The van der Waals surface area contributed by atoms with Gasteiger partial charge in [0.05, 0.1) is 18.7 Å². The van der Waals surface area contributed by atoms with Gasteiger partial charge in [0.15, 0.2) is 0 Å². The van der Waals surface area contributed by atoms with E-state index in [0.29, 0.717) is 5.56 Å². The molecule has 0 unspecified atom stereocenters. The fourth-order valence-electron chi connectivity index (χ4n) is 1.79. The highest BCUT2D eigenvalue weighted by Crippen LogP contribution is 2.02. The molecule has 0 aliphatic heterocycles. The summed E-state index contributed by atoms with van der Waals surface area (Å²) in [5, 5.41) is 16.7. The lowest BCUT2D eigenvalue weighted by Gasteiger charge is -2.04. The maximum atomic E-state index is 12.8. The van der Waals surface area contributed by atoms with Gasteiger partial charge < -0.3 is 15.2 Å². The minimum Gasteiger partial charge on any atom is -0.545 e. The monoisotopic (exact) mass is 342 g/mol. The molecule has 25 heavy (non-hydrogen) atoms. The van der Waals surface area contributed by atoms with Crippen molar-refractivity contribution < 1.29 is 23.9 Å². The highest BCUT2D eigenvalue weighted by molar-refractivity contribution is 5.96. The summed E-state index contributed by atoms with van der Waals surface area (Å²) in [6.45, 7) is -0.308. The number of amides is 2. The van der Waals surface area contributed by atoms with E-state index in [1.807, 2.05) is 0 Å². The summed E-state index contributed by atoms with van der Waals surface area (Å²) in [7, 11) is 0. The first-order chi connectivity index (χ1) is 12.0. The highest BCUT2D eigenvalue weighted by atomic mass is 19.1. The molecule has 2 rings (SSSR count). The van der Waals surface area contributed by atoms with E-state index < -0.39 is 23.6 Å². The SMILES string of the molecule is O=C(CNC(=O)c1ccc(F)cc1)NN=Cc1ccc(C(=O)[O-])cc1. The fraction of sp³-hybridized carbons (Fsp3) is 0.0588. The van der Waals surface area contributed by atoms with Crippen LogP contribution in [0.2, 0.25) is 0 Å². The number of benzene rings is 2. The third kappa shape index (κ3) is 5.54. The van der Waals surface area contributed by atoms with Gasteiger partial charge in [-0.2, -0.15) is 5.10 Å². The first-order valence-corrected chi connectivity index (χ1v) is 7.13. The summed E-state index contributed by atoms with van der Waals surface area (Å²) < 4.78 is 12.8. The van der Waals surface area contributed by atoms with Crippen LogP contribution in [0.5, 0.6) is 0 Å². The van der Waals surface area contributed by atoms with Crippen molar-refractivity contribution in [2.75, 3.05) is 6.54 Å². The van der Waals surface area contributed by atoms with Gasteiger partial charge in [0, 0.05) is 5.56 Å². The highest BCUT2D eigenvalue weighted by Gasteiger charge is 2.07. The van der Waals surface area contributed by atoms with Gasteiger partial charge in [0.25, 0.3) is 11.8 Å². The molecule has 0 aliphatic carbocycles. The number of nitrogens with one attached hydrogen (secondary N) is 2. The zero-order chi connectivity index (χ0) is 18.2. The van der Waals surface area contributed by atoms with Crippen LogP contribution in [0.25, 0.3) is 0 Å². The van der Waals surface area contributed by atoms with Gasteiger partial charge in [0.1, 0.15) is 5.82 Å². The number of hydrogen-bond acceptors (Lipinski definition) is 5. The Bertz CT molecular complexity index is 802. The Morgan fingerprint density at radius 1 is 1.00 bits per heavy atom. The molecule has 0 aromatic heterocycles. The molecule has 2 amide bonds. The lowest BCUT2D eigenvalue weighted by atomic mass is 10.1. The van der Waals surface area contributed by atoms with Crippen LogP contribution >= 0.6 is 0 Å². The van der Waals surface area contributed by atoms with Gasteiger partial charge in [-0.1, -0.05) is 24.3 Å². The van der Waals surface area contributed by atoms with E-state index in [9.17, 15) is 23.9 Å². The number of carbonyl (C=O) groups excluding carboxylic acids is 3. The average Bonchev–Trinajstić information content (AvgIpc) is 2.60. The summed E-state index contributed by atoms with van der Waals surface area (Å²) in [5.41, 5.74) is 3.04. The third-order valence-corrected chi connectivity index (χ3v) is 3.07. The largest absolute Gasteiger partial charge is 0.545 e. The van der Waals surface area contributed by atoms with Gasteiger partial charge in [-0.15, -0.1) is 0 Å². The van der Waals surface area contributed by atoms with Crippen molar-refractivity contribution in [1.82, 2.24) is 10.7 Å². The van der Waals surface area contributed by atoms with Crippen LogP contribution in [0.3, 0.4) is 0 Å². The summed E-state index contributed by atoms with van der Waals surface area (Å²) in [4.78, 5) is 33.9. The van der Waals surface area contributed by atoms with Crippen LogP contribution in [0.15, 0.2) is 53.6 Å². The van der Waals surface area contributed by atoms with E-state index >= 15 is 0 Å². The molecule has 0 saturated carbocycles. The zero-order valence-electron chi connectivity index (χ0n) is 12.9. The third-order valence-electron chi connectivity index (χ3n) is 3.07. The van der Waals surface area contributed by atoms with Gasteiger partial charge in [-0.25, -0.2) is 9.82 Å². The second-order valence-electron chi connectivity index (χ2n) is 4.89.